The minimum Gasteiger partial charge on any atom is -0.397 e. The van der Waals surface area contributed by atoms with Gasteiger partial charge in [-0.1, -0.05) is 11.6 Å². The summed E-state index contributed by atoms with van der Waals surface area (Å²) >= 11 is 2.32. The summed E-state index contributed by atoms with van der Waals surface area (Å²) in [6.07, 6.45) is 2.49. The van der Waals surface area contributed by atoms with Crippen LogP contribution in [0.5, 0.6) is 5.75 Å². The predicted molar refractivity (Wildman–Crippen MR) is 113 cm³/mol. The van der Waals surface area contributed by atoms with E-state index in [1.165, 1.54) is 36.7 Å². The number of nitrogens with one attached hydrogen (secondary N) is 4. The number of nitrogens with zero attached hydrogens (tertiary/aromatic N) is 2. The molecule has 2 unspecified atom stereocenters. The number of hydrogen-bond donors (Lipinski definition) is 4. The van der Waals surface area contributed by atoms with E-state index in [4.69, 9.17) is 21.0 Å². The van der Waals surface area contributed by atoms with Gasteiger partial charge in [-0.05, 0) is 18.2 Å². The van der Waals surface area contributed by atoms with Gasteiger partial charge in [0.2, 0.25) is 11.1 Å². The number of benzene rings is 1. The Hall–Kier alpha value is -3.25. The fourth-order valence-electron chi connectivity index (χ4n) is 2.00. The minimum atomic E-state index is -2.02. The highest BCUT2D eigenvalue weighted by Gasteiger charge is 2.14. The molecule has 2 atom stereocenters. The zero-order valence-corrected chi connectivity index (χ0v) is 18.3. The van der Waals surface area contributed by atoms with Gasteiger partial charge in [-0.15, -0.1) is 0 Å². The summed E-state index contributed by atoms with van der Waals surface area (Å²) in [7, 11) is 1.15. The van der Waals surface area contributed by atoms with E-state index in [1.54, 1.807) is 0 Å². The molecule has 15 heteroatoms. The van der Waals surface area contributed by atoms with E-state index >= 15 is 0 Å². The third kappa shape index (κ3) is 7.19. The lowest BCUT2D eigenvalue weighted by Crippen LogP contribution is -2.34. The van der Waals surface area contributed by atoms with Crippen LogP contribution < -0.4 is 25.1 Å². The third-order valence-corrected chi connectivity index (χ3v) is 4.69. The second-order valence-electron chi connectivity index (χ2n) is 5.40. The summed E-state index contributed by atoms with van der Waals surface area (Å²) in [6, 6.07) is 6.34. The van der Waals surface area contributed by atoms with Crippen LogP contribution in [0.2, 0.25) is 5.02 Å². The number of halogens is 1. The number of hydrazine groups is 1. The van der Waals surface area contributed by atoms with E-state index in [9.17, 15) is 18.0 Å². The van der Waals surface area contributed by atoms with E-state index in [0.29, 0.717) is 0 Å². The van der Waals surface area contributed by atoms with Crippen molar-refractivity contribution in [1.29, 1.82) is 5.26 Å². The Morgan fingerprint density at radius 3 is 2.65 bits per heavy atom. The van der Waals surface area contributed by atoms with E-state index in [2.05, 4.69) is 30.1 Å². The normalized spacial score (nSPS) is 12.1. The van der Waals surface area contributed by atoms with Gasteiger partial charge in [-0.3, -0.25) is 14.4 Å². The van der Waals surface area contributed by atoms with Crippen LogP contribution in [0.15, 0.2) is 30.5 Å². The van der Waals surface area contributed by atoms with Gasteiger partial charge in [0, 0.05) is 24.1 Å². The molecule has 12 nitrogen and oxygen atoms in total. The smallest absolute Gasteiger partial charge is 0.337 e. The molecule has 0 fully saturated rings. The molecule has 0 spiro atoms. The molecule has 0 aliphatic carbocycles. The average Bonchev–Trinajstić information content (AvgIpc) is 2.73. The Labute approximate surface area is 186 Å². The number of aromatic nitrogens is 1. The van der Waals surface area contributed by atoms with Gasteiger partial charge in [0.1, 0.15) is 6.07 Å². The van der Waals surface area contributed by atoms with Crippen LogP contribution in [0.3, 0.4) is 0 Å². The Morgan fingerprint density at radius 2 is 2.00 bits per heavy atom. The molecule has 1 heterocycles. The lowest BCUT2D eigenvalue weighted by Gasteiger charge is -2.13. The van der Waals surface area contributed by atoms with Crippen LogP contribution in [-0.4, -0.2) is 38.7 Å². The van der Waals surface area contributed by atoms with Crippen molar-refractivity contribution in [1.82, 2.24) is 15.1 Å². The number of pyridine rings is 1. The molecule has 0 aliphatic rings. The maximum Gasteiger partial charge on any atom is 0.337 e. The van der Waals surface area contributed by atoms with Crippen LogP contribution in [0.1, 0.15) is 15.9 Å². The van der Waals surface area contributed by atoms with Crippen molar-refractivity contribution in [3.05, 3.63) is 46.6 Å². The highest BCUT2D eigenvalue weighted by molar-refractivity contribution is 7.79. The summed E-state index contributed by atoms with van der Waals surface area (Å²) < 4.78 is 34.2. The van der Waals surface area contributed by atoms with E-state index < -0.39 is 34.3 Å². The molecule has 0 aliphatic heterocycles. The SMILES string of the molecule is COS(=O)NC(=O)c1ccc(Cl)c(NC(=O)NNc2ncc(C#N)cc2OS(C)=O)c1. The fraction of sp³-hybridized carbons (Fsp3) is 0.125. The standard InChI is InChI=1S/C16H15ClN6O6S2/c1-28-31(27)23-15(24)10-3-4-11(17)12(6-10)20-16(25)22-21-14-13(29-30(2)26)5-9(7-18)8-19-14/h3-6,8H,1-2H3,(H,19,21)(H,23,24)(H2,20,22,25). The summed E-state index contributed by atoms with van der Waals surface area (Å²) in [4.78, 5) is 28.1. The van der Waals surface area contributed by atoms with E-state index in [1.807, 2.05) is 6.07 Å². The zero-order chi connectivity index (χ0) is 23.0. The number of anilines is 2. The molecule has 0 saturated heterocycles. The van der Waals surface area contributed by atoms with Gasteiger partial charge in [0.25, 0.3) is 17.2 Å². The number of urea groups is 1. The molecule has 2 rings (SSSR count). The van der Waals surface area contributed by atoms with Crippen LogP contribution in [-0.2, 0) is 26.5 Å². The van der Waals surface area contributed by atoms with Gasteiger partial charge in [0.15, 0.2) is 11.6 Å². The number of carbonyl (C=O) groups is 2. The first-order valence-corrected chi connectivity index (χ1v) is 11.0. The molecule has 4 N–H and O–H groups in total. The molecule has 1 aromatic carbocycles. The topological polar surface area (TPSA) is 172 Å². The van der Waals surface area contributed by atoms with Gasteiger partial charge in [0.05, 0.1) is 23.4 Å². The number of carbonyl (C=O) groups excluding carboxylic acids is 2. The van der Waals surface area contributed by atoms with E-state index in [-0.39, 0.29) is 33.4 Å². The van der Waals surface area contributed by atoms with Crippen LogP contribution >= 0.6 is 11.6 Å². The number of amides is 3. The summed E-state index contributed by atoms with van der Waals surface area (Å²) in [5.41, 5.74) is 5.02. The molecule has 164 valence electrons. The second-order valence-corrected chi connectivity index (χ2v) is 7.78. The molecule has 0 bridgehead atoms. The average molecular weight is 487 g/mol. The molecular weight excluding hydrogens is 472 g/mol. The maximum atomic E-state index is 12.2. The predicted octanol–water partition coefficient (Wildman–Crippen LogP) is 1.38. The lowest BCUT2D eigenvalue weighted by atomic mass is 10.2. The Balaban J connectivity index is 2.09. The first kappa shape index (κ1) is 24.0. The molecule has 2 aromatic rings. The van der Waals surface area contributed by atoms with E-state index in [0.717, 1.165) is 7.11 Å². The molecule has 3 amide bonds. The van der Waals surface area contributed by atoms with Crippen molar-refractivity contribution < 1.29 is 26.4 Å². The van der Waals surface area contributed by atoms with Crippen LogP contribution in [0.4, 0.5) is 16.3 Å². The van der Waals surface area contributed by atoms with Crippen molar-refractivity contribution in [2.75, 3.05) is 24.1 Å². The minimum absolute atomic E-state index is 0.00868. The third-order valence-electron chi connectivity index (χ3n) is 3.29. The number of hydrogen-bond acceptors (Lipinski definition) is 9. The highest BCUT2D eigenvalue weighted by Crippen LogP contribution is 2.24. The zero-order valence-electron chi connectivity index (χ0n) is 15.9. The molecule has 0 radical (unpaired) electrons. The highest BCUT2D eigenvalue weighted by atomic mass is 35.5. The largest absolute Gasteiger partial charge is 0.397 e. The maximum absolute atomic E-state index is 12.2. The number of rotatable bonds is 8. The van der Waals surface area contributed by atoms with Crippen molar-refractivity contribution in [3.8, 4) is 11.8 Å². The molecular formula is C16H15ClN6O6S2. The Kier molecular flexibility index (Phi) is 8.70. The first-order valence-electron chi connectivity index (χ1n) is 8.05. The van der Waals surface area contributed by atoms with Crippen LogP contribution in [0.25, 0.3) is 0 Å². The number of nitriles is 1. The van der Waals surface area contributed by atoms with Crippen molar-refractivity contribution in [2.45, 2.75) is 0 Å². The van der Waals surface area contributed by atoms with Crippen LogP contribution in [0, 0.1) is 11.3 Å². The molecule has 31 heavy (non-hydrogen) atoms. The summed E-state index contributed by atoms with van der Waals surface area (Å²) in [6.45, 7) is 0. The Morgan fingerprint density at radius 1 is 1.26 bits per heavy atom. The fourth-order valence-corrected chi connectivity index (χ4v) is 2.89. The second kappa shape index (κ2) is 11.2. The summed E-state index contributed by atoms with van der Waals surface area (Å²) in [5.74, 6) is -0.747. The Bertz CT molecular complexity index is 1090. The first-order chi connectivity index (χ1) is 14.7. The van der Waals surface area contributed by atoms with Gasteiger partial charge >= 0.3 is 6.03 Å². The molecule has 0 saturated carbocycles. The van der Waals surface area contributed by atoms with Gasteiger partial charge < -0.3 is 9.50 Å². The quantitative estimate of drug-likeness (QED) is 0.402. The summed E-state index contributed by atoms with van der Waals surface area (Å²) in [5, 5.41) is 11.5. The van der Waals surface area contributed by atoms with Crippen molar-refractivity contribution in [3.63, 3.8) is 0 Å². The lowest BCUT2D eigenvalue weighted by molar-refractivity contribution is 0.0980. The van der Waals surface area contributed by atoms with Crippen molar-refractivity contribution >= 4 is 57.4 Å². The van der Waals surface area contributed by atoms with Crippen molar-refractivity contribution in [2.24, 2.45) is 0 Å². The van der Waals surface area contributed by atoms with Gasteiger partial charge in [-0.2, -0.15) is 5.26 Å². The van der Waals surface area contributed by atoms with Gasteiger partial charge in [-0.25, -0.2) is 28.3 Å². The molecule has 1 aromatic heterocycles. The monoisotopic (exact) mass is 486 g/mol.